The summed E-state index contributed by atoms with van der Waals surface area (Å²) in [6, 6.07) is 7.12. The molecule has 116 valence electrons. The number of carbonyl (C=O) groups excluding carboxylic acids is 1. The Hall–Kier alpha value is -1.46. The van der Waals surface area contributed by atoms with Crippen molar-refractivity contribution in [1.29, 1.82) is 0 Å². The monoisotopic (exact) mass is 312 g/mol. The average Bonchev–Trinajstić information content (AvgIpc) is 2.95. The van der Waals surface area contributed by atoms with Gasteiger partial charge in [0.15, 0.2) is 0 Å². The van der Waals surface area contributed by atoms with Crippen molar-refractivity contribution < 1.29 is 14.6 Å². The molecule has 1 aromatic rings. The number of rotatable bonds is 5. The zero-order chi connectivity index (χ0) is 15.2. The Labute approximate surface area is 129 Å². The molecule has 2 atom stereocenters. The van der Waals surface area contributed by atoms with Gasteiger partial charge in [0.25, 0.3) is 0 Å². The number of likely N-dealkylation sites (tertiary alicyclic amines) is 1. The summed E-state index contributed by atoms with van der Waals surface area (Å²) in [5.74, 6) is 0.791. The molecule has 6 heteroatoms. The van der Waals surface area contributed by atoms with Gasteiger partial charge in [-0.25, -0.2) is 4.79 Å². The van der Waals surface area contributed by atoms with Crippen molar-refractivity contribution in [2.45, 2.75) is 19.4 Å². The first kappa shape index (κ1) is 15.9. The van der Waals surface area contributed by atoms with Gasteiger partial charge in [-0.15, -0.1) is 0 Å². The van der Waals surface area contributed by atoms with Crippen molar-refractivity contribution in [1.82, 2.24) is 10.2 Å². The first-order valence-electron chi connectivity index (χ1n) is 7.16. The molecular weight excluding hydrogens is 292 g/mol. The van der Waals surface area contributed by atoms with Crippen LogP contribution in [0.25, 0.3) is 0 Å². The second-order valence-electron chi connectivity index (χ2n) is 5.25. The standard InChI is InChI=1S/C15H21ClN2O3/c1-11(19)12-6-8-18(10-12)15(20)17-7-9-21-14-5-3-2-4-13(14)16/h2-5,11-12,19H,6-10H2,1H3,(H,17,20). The van der Waals surface area contributed by atoms with Crippen LogP contribution >= 0.6 is 11.6 Å². The summed E-state index contributed by atoms with van der Waals surface area (Å²) >= 11 is 5.97. The van der Waals surface area contributed by atoms with Crippen LogP contribution in [0.1, 0.15) is 13.3 Å². The van der Waals surface area contributed by atoms with Gasteiger partial charge in [-0.2, -0.15) is 0 Å². The summed E-state index contributed by atoms with van der Waals surface area (Å²) in [6.07, 6.45) is 0.479. The third kappa shape index (κ3) is 4.51. The highest BCUT2D eigenvalue weighted by molar-refractivity contribution is 6.32. The molecule has 5 nitrogen and oxygen atoms in total. The maximum Gasteiger partial charge on any atom is 0.317 e. The number of carbonyl (C=O) groups is 1. The lowest BCUT2D eigenvalue weighted by atomic mass is 10.0. The molecule has 0 aromatic heterocycles. The number of urea groups is 1. The van der Waals surface area contributed by atoms with E-state index in [1.165, 1.54) is 0 Å². The van der Waals surface area contributed by atoms with Crippen LogP contribution in [0.3, 0.4) is 0 Å². The van der Waals surface area contributed by atoms with Gasteiger partial charge < -0.3 is 20.1 Å². The van der Waals surface area contributed by atoms with Crippen molar-refractivity contribution in [3.8, 4) is 5.75 Å². The van der Waals surface area contributed by atoms with E-state index >= 15 is 0 Å². The Morgan fingerprint density at radius 2 is 2.33 bits per heavy atom. The Balaban J connectivity index is 1.67. The predicted molar refractivity (Wildman–Crippen MR) is 81.7 cm³/mol. The second-order valence-corrected chi connectivity index (χ2v) is 5.65. The molecule has 0 saturated carbocycles. The van der Waals surface area contributed by atoms with Crippen LogP contribution in [0, 0.1) is 5.92 Å². The van der Waals surface area contributed by atoms with Crippen LogP contribution in [-0.4, -0.2) is 48.4 Å². The topological polar surface area (TPSA) is 61.8 Å². The minimum Gasteiger partial charge on any atom is -0.490 e. The molecule has 1 fully saturated rings. The number of benzene rings is 1. The van der Waals surface area contributed by atoms with Gasteiger partial charge in [-0.1, -0.05) is 23.7 Å². The predicted octanol–water partition coefficient (Wildman–Crippen LogP) is 2.13. The van der Waals surface area contributed by atoms with Crippen molar-refractivity contribution >= 4 is 17.6 Å². The molecule has 0 aliphatic carbocycles. The Bertz CT molecular complexity index is 482. The lowest BCUT2D eigenvalue weighted by Gasteiger charge is -2.18. The van der Waals surface area contributed by atoms with E-state index in [0.29, 0.717) is 37.0 Å². The number of amides is 2. The summed E-state index contributed by atoms with van der Waals surface area (Å²) in [5, 5.41) is 12.9. The molecule has 1 saturated heterocycles. The zero-order valence-electron chi connectivity index (χ0n) is 12.1. The molecule has 2 N–H and O–H groups in total. The Kier molecular flexibility index (Phi) is 5.70. The first-order valence-corrected chi connectivity index (χ1v) is 7.54. The number of para-hydroxylation sites is 1. The largest absolute Gasteiger partial charge is 0.490 e. The van der Waals surface area contributed by atoms with Gasteiger partial charge >= 0.3 is 6.03 Å². The Morgan fingerprint density at radius 1 is 1.57 bits per heavy atom. The van der Waals surface area contributed by atoms with E-state index in [0.717, 1.165) is 6.42 Å². The number of nitrogens with zero attached hydrogens (tertiary/aromatic N) is 1. The van der Waals surface area contributed by atoms with Crippen molar-refractivity contribution in [2.24, 2.45) is 5.92 Å². The number of nitrogens with one attached hydrogen (secondary N) is 1. The number of hydrogen-bond acceptors (Lipinski definition) is 3. The number of hydrogen-bond donors (Lipinski definition) is 2. The molecule has 0 spiro atoms. The van der Waals surface area contributed by atoms with E-state index in [4.69, 9.17) is 16.3 Å². The Morgan fingerprint density at radius 3 is 3.00 bits per heavy atom. The second kappa shape index (κ2) is 7.52. The van der Waals surface area contributed by atoms with E-state index in [9.17, 15) is 9.90 Å². The molecule has 1 heterocycles. The van der Waals surface area contributed by atoms with Gasteiger partial charge in [0.05, 0.1) is 17.7 Å². The van der Waals surface area contributed by atoms with Gasteiger partial charge in [-0.05, 0) is 25.5 Å². The third-order valence-corrected chi connectivity index (χ3v) is 3.98. The summed E-state index contributed by atoms with van der Waals surface area (Å²) < 4.78 is 5.50. The van der Waals surface area contributed by atoms with Crippen LogP contribution in [0.5, 0.6) is 5.75 Å². The fraction of sp³-hybridized carbons (Fsp3) is 0.533. The quantitative estimate of drug-likeness (QED) is 0.819. The smallest absolute Gasteiger partial charge is 0.317 e. The lowest BCUT2D eigenvalue weighted by molar-refractivity contribution is 0.129. The van der Waals surface area contributed by atoms with Crippen molar-refractivity contribution in [2.75, 3.05) is 26.2 Å². The molecule has 21 heavy (non-hydrogen) atoms. The SMILES string of the molecule is CC(O)C1CCN(C(=O)NCCOc2ccccc2Cl)C1. The zero-order valence-corrected chi connectivity index (χ0v) is 12.8. The minimum absolute atomic E-state index is 0.110. The number of halogens is 1. The summed E-state index contributed by atoms with van der Waals surface area (Å²) in [5.41, 5.74) is 0. The van der Waals surface area contributed by atoms with E-state index in [1.807, 2.05) is 12.1 Å². The highest BCUT2D eigenvalue weighted by atomic mass is 35.5. The summed E-state index contributed by atoms with van der Waals surface area (Å²) in [7, 11) is 0. The van der Waals surface area contributed by atoms with Crippen LogP contribution in [0.4, 0.5) is 4.79 Å². The van der Waals surface area contributed by atoms with Gasteiger partial charge in [0, 0.05) is 19.0 Å². The van der Waals surface area contributed by atoms with Crippen LogP contribution in [-0.2, 0) is 0 Å². The van der Waals surface area contributed by atoms with E-state index in [-0.39, 0.29) is 18.1 Å². The van der Waals surface area contributed by atoms with E-state index < -0.39 is 0 Å². The third-order valence-electron chi connectivity index (χ3n) is 3.67. The number of ether oxygens (including phenoxy) is 1. The maximum atomic E-state index is 11.9. The molecular formula is C15H21ClN2O3. The molecule has 2 unspecified atom stereocenters. The molecule has 0 radical (unpaired) electrons. The molecule has 2 rings (SSSR count). The van der Waals surface area contributed by atoms with Gasteiger partial charge in [0.1, 0.15) is 12.4 Å². The highest BCUT2D eigenvalue weighted by Crippen LogP contribution is 2.22. The molecule has 2 amide bonds. The fourth-order valence-electron chi connectivity index (χ4n) is 2.36. The van der Waals surface area contributed by atoms with Crippen molar-refractivity contribution in [3.05, 3.63) is 29.3 Å². The minimum atomic E-state index is -0.369. The fourth-order valence-corrected chi connectivity index (χ4v) is 2.55. The molecule has 0 bridgehead atoms. The number of aliphatic hydroxyl groups excluding tert-OH is 1. The van der Waals surface area contributed by atoms with Crippen LogP contribution < -0.4 is 10.1 Å². The molecule has 1 aliphatic rings. The highest BCUT2D eigenvalue weighted by Gasteiger charge is 2.28. The summed E-state index contributed by atoms with van der Waals surface area (Å²) in [4.78, 5) is 13.7. The van der Waals surface area contributed by atoms with Gasteiger partial charge in [-0.3, -0.25) is 0 Å². The normalized spacial score (nSPS) is 19.4. The number of aliphatic hydroxyl groups is 1. The lowest BCUT2D eigenvalue weighted by Crippen LogP contribution is -2.40. The van der Waals surface area contributed by atoms with Crippen LogP contribution in [0.2, 0.25) is 5.02 Å². The van der Waals surface area contributed by atoms with Crippen LogP contribution in [0.15, 0.2) is 24.3 Å². The maximum absolute atomic E-state index is 11.9. The van der Waals surface area contributed by atoms with E-state index in [1.54, 1.807) is 24.0 Å². The van der Waals surface area contributed by atoms with Gasteiger partial charge in [0.2, 0.25) is 0 Å². The molecule has 1 aliphatic heterocycles. The van der Waals surface area contributed by atoms with Crippen molar-refractivity contribution in [3.63, 3.8) is 0 Å². The average molecular weight is 313 g/mol. The summed E-state index contributed by atoms with van der Waals surface area (Å²) in [6.45, 7) is 3.84. The first-order chi connectivity index (χ1) is 10.1. The molecule has 1 aromatic carbocycles. The van der Waals surface area contributed by atoms with E-state index in [2.05, 4.69) is 5.32 Å².